The predicted molar refractivity (Wildman–Crippen MR) is 92.7 cm³/mol. The highest BCUT2D eigenvalue weighted by Gasteiger charge is 2.38. The summed E-state index contributed by atoms with van der Waals surface area (Å²) in [6, 6.07) is 9.70. The zero-order valence-corrected chi connectivity index (χ0v) is 15.6. The number of hydrogen-bond donors (Lipinski definition) is 1. The van der Waals surface area contributed by atoms with Crippen LogP contribution in [0.15, 0.2) is 52.3 Å². The first-order valence-corrected chi connectivity index (χ1v) is 9.44. The number of carbonyl (C=O) groups excluding carboxylic acids is 1. The molecule has 0 aromatic heterocycles. The predicted octanol–water partition coefficient (Wildman–Crippen LogP) is 3.40. The van der Waals surface area contributed by atoms with E-state index < -0.39 is 21.9 Å². The SMILES string of the molecule is COc1ccc(S(=O)(=O)c2ccc(CCNC(=O)C(F)(F)F)cc2)cc1Cl. The van der Waals surface area contributed by atoms with Crippen molar-refractivity contribution in [2.75, 3.05) is 13.7 Å². The summed E-state index contributed by atoms with van der Waals surface area (Å²) in [5, 5.41) is 1.90. The van der Waals surface area contributed by atoms with E-state index >= 15 is 0 Å². The van der Waals surface area contributed by atoms with E-state index in [4.69, 9.17) is 16.3 Å². The Labute approximate surface area is 159 Å². The molecule has 2 rings (SSSR count). The van der Waals surface area contributed by atoms with Crippen LogP contribution in [0.4, 0.5) is 13.2 Å². The summed E-state index contributed by atoms with van der Waals surface area (Å²) in [6.07, 6.45) is -4.81. The van der Waals surface area contributed by atoms with Crippen LogP contribution in [0.25, 0.3) is 0 Å². The fourth-order valence-electron chi connectivity index (χ4n) is 2.21. The van der Waals surface area contributed by atoms with E-state index in [0.29, 0.717) is 11.3 Å². The van der Waals surface area contributed by atoms with Gasteiger partial charge in [0, 0.05) is 6.54 Å². The lowest BCUT2D eigenvalue weighted by molar-refractivity contribution is -0.173. The van der Waals surface area contributed by atoms with Gasteiger partial charge < -0.3 is 10.1 Å². The number of nitrogens with one attached hydrogen (secondary N) is 1. The molecule has 0 aliphatic heterocycles. The van der Waals surface area contributed by atoms with Crippen molar-refractivity contribution in [1.29, 1.82) is 0 Å². The van der Waals surface area contributed by atoms with Gasteiger partial charge >= 0.3 is 12.1 Å². The smallest absolute Gasteiger partial charge is 0.471 e. The van der Waals surface area contributed by atoms with E-state index in [9.17, 15) is 26.4 Å². The summed E-state index contributed by atoms with van der Waals surface area (Å²) < 4.78 is 66.5. The maximum Gasteiger partial charge on any atom is 0.471 e. The highest BCUT2D eigenvalue weighted by Crippen LogP contribution is 2.30. The van der Waals surface area contributed by atoms with Crippen LogP contribution in [0.1, 0.15) is 5.56 Å². The molecule has 1 N–H and O–H groups in total. The number of halogens is 4. The zero-order valence-electron chi connectivity index (χ0n) is 14.0. The molecule has 2 aromatic carbocycles. The fraction of sp³-hybridized carbons (Fsp3) is 0.235. The molecule has 0 bridgehead atoms. The summed E-state index contributed by atoms with van der Waals surface area (Å²) >= 11 is 5.96. The summed E-state index contributed by atoms with van der Waals surface area (Å²) in [5.74, 6) is -1.68. The third-order valence-electron chi connectivity index (χ3n) is 3.62. The van der Waals surface area contributed by atoms with Gasteiger partial charge in [0.25, 0.3) is 0 Å². The number of alkyl halides is 3. The Morgan fingerprint density at radius 2 is 1.70 bits per heavy atom. The first kappa shape index (κ1) is 21.0. The quantitative estimate of drug-likeness (QED) is 0.776. The Morgan fingerprint density at radius 1 is 1.11 bits per heavy atom. The van der Waals surface area contributed by atoms with E-state index in [1.807, 2.05) is 0 Å². The molecule has 2 aromatic rings. The molecular weight excluding hydrogens is 407 g/mol. The monoisotopic (exact) mass is 421 g/mol. The van der Waals surface area contributed by atoms with Crippen LogP contribution in [-0.4, -0.2) is 34.2 Å². The summed E-state index contributed by atoms with van der Waals surface area (Å²) in [5.41, 5.74) is 0.573. The highest BCUT2D eigenvalue weighted by molar-refractivity contribution is 7.91. The van der Waals surface area contributed by atoms with Crippen molar-refractivity contribution in [2.24, 2.45) is 0 Å². The molecule has 10 heteroatoms. The van der Waals surface area contributed by atoms with Gasteiger partial charge in [-0.05, 0) is 42.3 Å². The zero-order chi connectivity index (χ0) is 20.2. The minimum Gasteiger partial charge on any atom is -0.495 e. The van der Waals surface area contributed by atoms with Gasteiger partial charge in [0.2, 0.25) is 9.84 Å². The van der Waals surface area contributed by atoms with Crippen molar-refractivity contribution in [3.63, 3.8) is 0 Å². The molecule has 0 saturated carbocycles. The van der Waals surface area contributed by atoms with E-state index in [2.05, 4.69) is 0 Å². The number of ether oxygens (including phenoxy) is 1. The maximum atomic E-state index is 12.6. The number of amides is 1. The van der Waals surface area contributed by atoms with Crippen LogP contribution in [0, 0.1) is 0 Å². The first-order valence-electron chi connectivity index (χ1n) is 7.58. The van der Waals surface area contributed by atoms with Crippen LogP contribution < -0.4 is 10.1 Å². The largest absolute Gasteiger partial charge is 0.495 e. The summed E-state index contributed by atoms with van der Waals surface area (Å²) in [6.45, 7) is -0.224. The number of benzene rings is 2. The molecule has 27 heavy (non-hydrogen) atoms. The topological polar surface area (TPSA) is 72.5 Å². The third kappa shape index (κ3) is 5.14. The molecule has 5 nitrogen and oxygen atoms in total. The molecule has 146 valence electrons. The minimum absolute atomic E-state index is 0.00631. The van der Waals surface area contributed by atoms with Gasteiger partial charge in [0.1, 0.15) is 5.75 Å². The van der Waals surface area contributed by atoms with Crippen molar-refractivity contribution in [2.45, 2.75) is 22.4 Å². The fourth-order valence-corrected chi connectivity index (χ4v) is 3.82. The van der Waals surface area contributed by atoms with Crippen molar-refractivity contribution >= 4 is 27.3 Å². The Balaban J connectivity index is 2.10. The van der Waals surface area contributed by atoms with Crippen LogP contribution in [-0.2, 0) is 21.1 Å². The third-order valence-corrected chi connectivity index (χ3v) is 5.69. The molecule has 0 saturated heterocycles. The minimum atomic E-state index is -4.93. The van der Waals surface area contributed by atoms with Crippen LogP contribution in [0.3, 0.4) is 0 Å². The molecule has 0 unspecified atom stereocenters. The average molecular weight is 422 g/mol. The lowest BCUT2D eigenvalue weighted by atomic mass is 10.1. The van der Waals surface area contributed by atoms with Crippen LogP contribution >= 0.6 is 11.6 Å². The molecule has 1 amide bonds. The first-order chi connectivity index (χ1) is 12.6. The van der Waals surface area contributed by atoms with Crippen molar-refractivity contribution in [3.8, 4) is 5.75 Å². The lowest BCUT2D eigenvalue weighted by Gasteiger charge is -2.09. The normalized spacial score (nSPS) is 11.9. The second kappa shape index (κ2) is 8.18. The maximum absolute atomic E-state index is 12.6. The molecular formula is C17H15ClF3NO4S. The van der Waals surface area contributed by atoms with Gasteiger partial charge in [-0.2, -0.15) is 13.2 Å². The number of sulfone groups is 1. The highest BCUT2D eigenvalue weighted by atomic mass is 35.5. The van der Waals surface area contributed by atoms with Crippen molar-refractivity contribution in [3.05, 3.63) is 53.1 Å². The van der Waals surface area contributed by atoms with Crippen molar-refractivity contribution in [1.82, 2.24) is 5.32 Å². The Kier molecular flexibility index (Phi) is 6.38. The lowest BCUT2D eigenvalue weighted by Crippen LogP contribution is -2.37. The van der Waals surface area contributed by atoms with Gasteiger partial charge in [-0.3, -0.25) is 4.79 Å². The van der Waals surface area contributed by atoms with Gasteiger partial charge in [-0.1, -0.05) is 23.7 Å². The summed E-state index contributed by atoms with van der Waals surface area (Å²) in [4.78, 5) is 10.7. The molecule has 0 heterocycles. The Bertz CT molecular complexity index is 928. The molecule has 0 radical (unpaired) electrons. The second-order valence-corrected chi connectivity index (χ2v) is 7.80. The number of methoxy groups -OCH3 is 1. The molecule has 0 atom stereocenters. The van der Waals surface area contributed by atoms with Gasteiger partial charge in [-0.15, -0.1) is 0 Å². The number of carbonyl (C=O) groups is 1. The molecule has 0 aliphatic carbocycles. The number of rotatable bonds is 6. The van der Waals surface area contributed by atoms with Gasteiger partial charge in [0.05, 0.1) is 21.9 Å². The Hall–Kier alpha value is -2.26. The molecule has 0 fully saturated rings. The van der Waals surface area contributed by atoms with Gasteiger partial charge in [-0.25, -0.2) is 8.42 Å². The average Bonchev–Trinajstić information content (AvgIpc) is 2.61. The van der Waals surface area contributed by atoms with E-state index in [-0.39, 0.29) is 27.8 Å². The second-order valence-electron chi connectivity index (χ2n) is 5.45. The van der Waals surface area contributed by atoms with Crippen LogP contribution in [0.2, 0.25) is 5.02 Å². The number of hydrogen-bond acceptors (Lipinski definition) is 4. The van der Waals surface area contributed by atoms with E-state index in [1.54, 1.807) is 5.32 Å². The van der Waals surface area contributed by atoms with Gasteiger partial charge in [0.15, 0.2) is 0 Å². The van der Waals surface area contributed by atoms with Crippen molar-refractivity contribution < 1.29 is 31.1 Å². The van der Waals surface area contributed by atoms with Crippen LogP contribution in [0.5, 0.6) is 5.75 Å². The summed E-state index contributed by atoms with van der Waals surface area (Å²) in [7, 11) is -2.41. The molecule has 0 spiro atoms. The molecule has 0 aliphatic rings. The Morgan fingerprint density at radius 3 is 2.22 bits per heavy atom. The van der Waals surface area contributed by atoms with E-state index in [1.165, 1.54) is 49.6 Å². The van der Waals surface area contributed by atoms with E-state index in [0.717, 1.165) is 0 Å². The standard InChI is InChI=1S/C17H15ClF3NO4S/c1-26-15-7-6-13(10-14(15)18)27(24,25)12-4-2-11(3-5-12)8-9-22-16(23)17(19,20)21/h2-7,10H,8-9H2,1H3,(H,22,23).